The molecule has 0 aliphatic heterocycles. The monoisotopic (exact) mass is 316 g/mol. The lowest BCUT2D eigenvalue weighted by Crippen LogP contribution is -2.25. The van der Waals surface area contributed by atoms with Gasteiger partial charge in [-0.3, -0.25) is 9.89 Å². The molecular weight excluding hydrogens is 306 g/mol. The minimum atomic E-state index is -0.678. The third-order valence-electron chi connectivity index (χ3n) is 2.60. The summed E-state index contributed by atoms with van der Waals surface area (Å²) >= 11 is 11.4. The zero-order valence-electron chi connectivity index (χ0n) is 10.3. The second-order valence-electron chi connectivity index (χ2n) is 4.04. The number of carbonyl (C=O) groups is 1. The van der Waals surface area contributed by atoms with Gasteiger partial charge < -0.3 is 5.32 Å². The molecule has 0 spiro atoms. The fourth-order valence-corrected chi connectivity index (χ4v) is 2.07. The third-order valence-corrected chi connectivity index (χ3v) is 3.20. The number of aromatic amines is 1. The highest BCUT2D eigenvalue weighted by Crippen LogP contribution is 2.24. The number of benzene rings is 1. The Balaban J connectivity index is 1.87. The molecule has 20 heavy (non-hydrogen) atoms. The molecule has 5 nitrogen and oxygen atoms in total. The molecule has 1 amide bonds. The van der Waals surface area contributed by atoms with Crippen LogP contribution in [0.15, 0.2) is 18.5 Å². The molecule has 0 unspecified atom stereocenters. The average molecular weight is 317 g/mol. The zero-order chi connectivity index (χ0) is 14.5. The molecule has 0 atom stereocenters. The average Bonchev–Trinajstić information content (AvgIpc) is 2.92. The Hall–Kier alpha value is -1.66. The van der Waals surface area contributed by atoms with E-state index in [1.165, 1.54) is 12.4 Å². The van der Waals surface area contributed by atoms with Crippen LogP contribution in [0, 0.1) is 5.82 Å². The van der Waals surface area contributed by atoms with Crippen molar-refractivity contribution in [2.24, 2.45) is 0 Å². The Morgan fingerprint density at radius 1 is 1.35 bits per heavy atom. The van der Waals surface area contributed by atoms with Gasteiger partial charge in [0.25, 0.3) is 5.91 Å². The first-order valence-electron chi connectivity index (χ1n) is 5.85. The van der Waals surface area contributed by atoms with Crippen molar-refractivity contribution >= 4 is 29.1 Å². The van der Waals surface area contributed by atoms with Gasteiger partial charge in [-0.2, -0.15) is 5.10 Å². The summed E-state index contributed by atoms with van der Waals surface area (Å²) in [6.45, 7) is 0.417. The molecule has 106 valence electrons. The molecule has 0 saturated heterocycles. The summed E-state index contributed by atoms with van der Waals surface area (Å²) < 4.78 is 13.3. The number of hydrogen-bond donors (Lipinski definition) is 2. The van der Waals surface area contributed by atoms with Gasteiger partial charge in [0.05, 0.1) is 15.6 Å². The zero-order valence-corrected chi connectivity index (χ0v) is 11.8. The van der Waals surface area contributed by atoms with Crippen LogP contribution in [0.25, 0.3) is 0 Å². The van der Waals surface area contributed by atoms with E-state index in [1.807, 2.05) is 0 Å². The molecule has 1 heterocycles. The number of H-pyrrole nitrogens is 1. The van der Waals surface area contributed by atoms with Crippen molar-refractivity contribution in [3.8, 4) is 0 Å². The maximum Gasteiger partial charge on any atom is 0.252 e. The molecule has 1 aromatic heterocycles. The van der Waals surface area contributed by atoms with Crippen molar-refractivity contribution in [2.75, 3.05) is 6.54 Å². The van der Waals surface area contributed by atoms with Gasteiger partial charge in [0.2, 0.25) is 0 Å². The number of carbonyl (C=O) groups excluding carboxylic acids is 1. The molecule has 0 bridgehead atoms. The van der Waals surface area contributed by atoms with E-state index in [4.69, 9.17) is 23.2 Å². The van der Waals surface area contributed by atoms with Crippen LogP contribution in [0.5, 0.6) is 0 Å². The van der Waals surface area contributed by atoms with Crippen LogP contribution < -0.4 is 5.32 Å². The van der Waals surface area contributed by atoms with Crippen molar-refractivity contribution in [1.82, 2.24) is 20.5 Å². The molecule has 0 aliphatic rings. The fourth-order valence-electron chi connectivity index (χ4n) is 1.60. The van der Waals surface area contributed by atoms with E-state index in [-0.39, 0.29) is 15.6 Å². The van der Waals surface area contributed by atoms with Crippen molar-refractivity contribution in [2.45, 2.75) is 12.8 Å². The first-order valence-corrected chi connectivity index (χ1v) is 6.60. The van der Waals surface area contributed by atoms with Crippen LogP contribution >= 0.6 is 23.2 Å². The Kier molecular flexibility index (Phi) is 4.92. The number of aromatic nitrogens is 3. The van der Waals surface area contributed by atoms with Gasteiger partial charge in [-0.1, -0.05) is 23.2 Å². The molecule has 8 heteroatoms. The standard InChI is InChI=1S/C12H11Cl2FN4O/c13-8-5-9(14)10(15)4-7(8)12(20)16-3-1-2-11-17-6-18-19-11/h4-6H,1-3H2,(H,16,20)(H,17,18,19). The largest absolute Gasteiger partial charge is 0.352 e. The van der Waals surface area contributed by atoms with E-state index in [1.54, 1.807) is 0 Å². The lowest BCUT2D eigenvalue weighted by Gasteiger charge is -2.07. The van der Waals surface area contributed by atoms with Crippen LogP contribution in [0.2, 0.25) is 10.0 Å². The van der Waals surface area contributed by atoms with E-state index in [2.05, 4.69) is 20.5 Å². The van der Waals surface area contributed by atoms with E-state index in [9.17, 15) is 9.18 Å². The summed E-state index contributed by atoms with van der Waals surface area (Å²) in [5.41, 5.74) is 0.0632. The highest BCUT2D eigenvalue weighted by Gasteiger charge is 2.13. The van der Waals surface area contributed by atoms with Crippen molar-refractivity contribution in [1.29, 1.82) is 0 Å². The number of halogens is 3. The number of amides is 1. The molecule has 0 saturated carbocycles. The molecule has 0 aliphatic carbocycles. The Morgan fingerprint density at radius 2 is 2.15 bits per heavy atom. The van der Waals surface area contributed by atoms with Gasteiger partial charge in [-0.15, -0.1) is 0 Å². The molecule has 2 N–H and O–H groups in total. The topological polar surface area (TPSA) is 70.7 Å². The predicted molar refractivity (Wildman–Crippen MR) is 73.5 cm³/mol. The normalized spacial score (nSPS) is 10.6. The van der Waals surface area contributed by atoms with E-state index in [0.29, 0.717) is 19.4 Å². The van der Waals surface area contributed by atoms with Gasteiger partial charge in [0, 0.05) is 13.0 Å². The SMILES string of the molecule is O=C(NCCCc1ncn[nH]1)c1cc(F)c(Cl)cc1Cl. The number of rotatable bonds is 5. The van der Waals surface area contributed by atoms with Gasteiger partial charge in [0.15, 0.2) is 0 Å². The smallest absolute Gasteiger partial charge is 0.252 e. The van der Waals surface area contributed by atoms with Gasteiger partial charge >= 0.3 is 0 Å². The summed E-state index contributed by atoms with van der Waals surface area (Å²) in [5, 5.41) is 9.09. The first-order chi connectivity index (χ1) is 9.58. The van der Waals surface area contributed by atoms with Crippen LogP contribution in [0.1, 0.15) is 22.6 Å². The second-order valence-corrected chi connectivity index (χ2v) is 4.85. The van der Waals surface area contributed by atoms with E-state index >= 15 is 0 Å². The number of nitrogens with one attached hydrogen (secondary N) is 2. The number of aryl methyl sites for hydroxylation is 1. The third kappa shape index (κ3) is 3.68. The van der Waals surface area contributed by atoms with Crippen LogP contribution in [-0.4, -0.2) is 27.6 Å². The quantitative estimate of drug-likeness (QED) is 0.658. The summed E-state index contributed by atoms with van der Waals surface area (Å²) in [6, 6.07) is 2.23. The van der Waals surface area contributed by atoms with Gasteiger partial charge in [-0.05, 0) is 18.6 Å². The summed E-state index contributed by atoms with van der Waals surface area (Å²) in [5.74, 6) is -0.374. The van der Waals surface area contributed by atoms with E-state index in [0.717, 1.165) is 11.9 Å². The Labute approximate surface area is 124 Å². The van der Waals surface area contributed by atoms with Crippen molar-refractivity contribution in [3.05, 3.63) is 45.7 Å². The van der Waals surface area contributed by atoms with Gasteiger partial charge in [-0.25, -0.2) is 9.37 Å². The minimum absolute atomic E-state index is 0.0632. The summed E-state index contributed by atoms with van der Waals surface area (Å²) in [7, 11) is 0. The second kappa shape index (κ2) is 6.67. The fraction of sp³-hybridized carbons (Fsp3) is 0.250. The lowest BCUT2D eigenvalue weighted by atomic mass is 10.2. The molecule has 0 radical (unpaired) electrons. The molecule has 2 rings (SSSR count). The van der Waals surface area contributed by atoms with Crippen LogP contribution in [-0.2, 0) is 6.42 Å². The highest BCUT2D eigenvalue weighted by molar-refractivity contribution is 6.36. The molecule has 1 aromatic carbocycles. The van der Waals surface area contributed by atoms with Gasteiger partial charge in [0.1, 0.15) is 18.0 Å². The summed E-state index contributed by atoms with van der Waals surface area (Å²) in [4.78, 5) is 15.8. The number of nitrogens with zero attached hydrogens (tertiary/aromatic N) is 2. The predicted octanol–water partition coefficient (Wildman–Crippen LogP) is 2.61. The number of hydrogen-bond acceptors (Lipinski definition) is 3. The lowest BCUT2D eigenvalue weighted by molar-refractivity contribution is 0.0953. The minimum Gasteiger partial charge on any atom is -0.352 e. The molecule has 0 fully saturated rings. The maximum absolute atomic E-state index is 13.3. The van der Waals surface area contributed by atoms with Crippen LogP contribution in [0.3, 0.4) is 0 Å². The molecular formula is C12H11Cl2FN4O. The molecule has 2 aromatic rings. The maximum atomic E-state index is 13.3. The van der Waals surface area contributed by atoms with Crippen molar-refractivity contribution in [3.63, 3.8) is 0 Å². The van der Waals surface area contributed by atoms with Crippen LogP contribution in [0.4, 0.5) is 4.39 Å². The van der Waals surface area contributed by atoms with E-state index < -0.39 is 11.7 Å². The first kappa shape index (κ1) is 14.7. The Morgan fingerprint density at radius 3 is 2.85 bits per heavy atom. The Bertz CT molecular complexity index is 604. The van der Waals surface area contributed by atoms with Crippen molar-refractivity contribution < 1.29 is 9.18 Å². The summed E-state index contributed by atoms with van der Waals surface area (Å²) in [6.07, 6.45) is 2.75. The highest BCUT2D eigenvalue weighted by atomic mass is 35.5.